The van der Waals surface area contributed by atoms with Gasteiger partial charge in [0.25, 0.3) is 0 Å². The number of nitrogens with zero attached hydrogens (tertiary/aromatic N) is 3. The van der Waals surface area contributed by atoms with E-state index >= 15 is 0 Å². The highest BCUT2D eigenvalue weighted by molar-refractivity contribution is 7.89. The van der Waals surface area contributed by atoms with Crippen molar-refractivity contribution in [3.8, 4) is 0 Å². The van der Waals surface area contributed by atoms with Gasteiger partial charge >= 0.3 is 12.1 Å². The summed E-state index contributed by atoms with van der Waals surface area (Å²) in [5.74, 6) is -1.13. The van der Waals surface area contributed by atoms with E-state index in [4.69, 9.17) is 5.11 Å². The van der Waals surface area contributed by atoms with E-state index in [0.717, 1.165) is 16.4 Å². The fourth-order valence-electron chi connectivity index (χ4n) is 2.86. The Labute approximate surface area is 159 Å². The lowest BCUT2D eigenvalue weighted by atomic mass is 10.1. The standard InChI is InChI=1S/C17H16F3N3O4S/c1-11-6-14-16(21-7-11)22(9-15(24)25)10-23(28(14,26)27)8-12-2-4-13(5-3-12)17(18,19)20/h2-7H,8-10H2,1H3,(H,24,25). The summed E-state index contributed by atoms with van der Waals surface area (Å²) in [5, 5.41) is 9.11. The minimum atomic E-state index is -4.49. The summed E-state index contributed by atoms with van der Waals surface area (Å²) >= 11 is 0. The number of hydrogen-bond acceptors (Lipinski definition) is 5. The quantitative estimate of drug-likeness (QED) is 0.825. The fourth-order valence-corrected chi connectivity index (χ4v) is 4.50. The van der Waals surface area contributed by atoms with E-state index < -0.39 is 34.3 Å². The average molecular weight is 415 g/mol. The molecule has 7 nitrogen and oxygen atoms in total. The molecule has 2 aromatic rings. The molecule has 0 aliphatic carbocycles. The molecule has 1 aliphatic heterocycles. The van der Waals surface area contributed by atoms with Crippen LogP contribution in [-0.4, -0.2) is 42.0 Å². The second kappa shape index (κ2) is 7.06. The first-order valence-electron chi connectivity index (χ1n) is 8.08. The van der Waals surface area contributed by atoms with Crippen molar-refractivity contribution in [1.82, 2.24) is 9.29 Å². The molecule has 0 fully saturated rings. The van der Waals surface area contributed by atoms with Crippen molar-refractivity contribution in [2.45, 2.75) is 24.5 Å². The number of anilines is 1. The normalized spacial score (nSPS) is 16.6. The van der Waals surface area contributed by atoms with Crippen molar-refractivity contribution < 1.29 is 31.5 Å². The van der Waals surface area contributed by atoms with Gasteiger partial charge in [-0.25, -0.2) is 13.4 Å². The van der Waals surface area contributed by atoms with Gasteiger partial charge in [-0.15, -0.1) is 0 Å². The smallest absolute Gasteiger partial charge is 0.416 e. The van der Waals surface area contributed by atoms with E-state index in [-0.39, 0.29) is 23.9 Å². The Balaban J connectivity index is 1.96. The number of benzene rings is 1. The third kappa shape index (κ3) is 3.94. The molecule has 0 unspecified atom stereocenters. The second-order valence-corrected chi connectivity index (χ2v) is 8.28. The van der Waals surface area contributed by atoms with Crippen molar-refractivity contribution in [2.24, 2.45) is 0 Å². The number of carbonyl (C=O) groups is 1. The van der Waals surface area contributed by atoms with Crippen molar-refractivity contribution in [2.75, 3.05) is 18.1 Å². The first-order valence-corrected chi connectivity index (χ1v) is 9.52. The summed E-state index contributed by atoms with van der Waals surface area (Å²) in [6.07, 6.45) is -3.05. The zero-order valence-corrected chi connectivity index (χ0v) is 15.5. The monoisotopic (exact) mass is 415 g/mol. The molecule has 3 rings (SSSR count). The lowest BCUT2D eigenvalue weighted by Gasteiger charge is -2.36. The van der Waals surface area contributed by atoms with E-state index in [0.29, 0.717) is 11.1 Å². The molecule has 1 aliphatic rings. The summed E-state index contributed by atoms with van der Waals surface area (Å²) < 4.78 is 65.0. The predicted molar refractivity (Wildman–Crippen MR) is 93.0 cm³/mol. The highest BCUT2D eigenvalue weighted by Crippen LogP contribution is 2.33. The van der Waals surface area contributed by atoms with Crippen LogP contribution in [0.2, 0.25) is 0 Å². The third-order valence-electron chi connectivity index (χ3n) is 4.18. The molecule has 1 aromatic carbocycles. The fraction of sp³-hybridized carbons (Fsp3) is 0.294. The molecular weight excluding hydrogens is 399 g/mol. The molecule has 0 bridgehead atoms. The van der Waals surface area contributed by atoms with Crippen LogP contribution in [-0.2, 0) is 27.5 Å². The molecule has 11 heteroatoms. The Bertz CT molecular complexity index is 1010. The van der Waals surface area contributed by atoms with Crippen LogP contribution in [0, 0.1) is 6.92 Å². The van der Waals surface area contributed by atoms with E-state index in [1.165, 1.54) is 29.3 Å². The Hall–Kier alpha value is -2.66. The minimum absolute atomic E-state index is 0.0386. The van der Waals surface area contributed by atoms with Crippen LogP contribution in [0.25, 0.3) is 0 Å². The van der Waals surface area contributed by atoms with Gasteiger partial charge in [0, 0.05) is 12.7 Å². The van der Waals surface area contributed by atoms with Crippen LogP contribution >= 0.6 is 0 Å². The maximum atomic E-state index is 13.0. The molecular formula is C17H16F3N3O4S. The average Bonchev–Trinajstić information content (AvgIpc) is 2.58. The number of fused-ring (bicyclic) bond motifs is 1. The number of aliphatic carboxylic acids is 1. The van der Waals surface area contributed by atoms with Gasteiger partial charge in [-0.05, 0) is 36.2 Å². The van der Waals surface area contributed by atoms with Gasteiger partial charge in [0.1, 0.15) is 17.3 Å². The number of pyridine rings is 1. The van der Waals surface area contributed by atoms with Gasteiger partial charge < -0.3 is 10.0 Å². The first-order chi connectivity index (χ1) is 13.0. The maximum absolute atomic E-state index is 13.0. The van der Waals surface area contributed by atoms with Gasteiger partial charge in [0.15, 0.2) is 0 Å². The molecule has 150 valence electrons. The Morgan fingerprint density at radius 2 is 1.89 bits per heavy atom. The highest BCUT2D eigenvalue weighted by Gasteiger charge is 2.37. The molecule has 2 heterocycles. The summed E-state index contributed by atoms with van der Waals surface area (Å²) in [6, 6.07) is 5.54. The summed E-state index contributed by atoms with van der Waals surface area (Å²) in [4.78, 5) is 16.4. The number of aromatic nitrogens is 1. The lowest BCUT2D eigenvalue weighted by molar-refractivity contribution is -0.137. The van der Waals surface area contributed by atoms with Gasteiger partial charge in [-0.1, -0.05) is 12.1 Å². The highest BCUT2D eigenvalue weighted by atomic mass is 32.2. The van der Waals surface area contributed by atoms with E-state index in [9.17, 15) is 26.4 Å². The SMILES string of the molecule is Cc1cnc2c(c1)S(=O)(=O)N(Cc1ccc(C(F)(F)F)cc1)CN2CC(=O)O. The van der Waals surface area contributed by atoms with E-state index in [1.54, 1.807) is 6.92 Å². The van der Waals surface area contributed by atoms with E-state index in [1.807, 2.05) is 0 Å². The largest absolute Gasteiger partial charge is 0.480 e. The molecule has 28 heavy (non-hydrogen) atoms. The van der Waals surface area contributed by atoms with E-state index in [2.05, 4.69) is 4.98 Å². The number of sulfonamides is 1. The van der Waals surface area contributed by atoms with Crippen LogP contribution in [0.15, 0.2) is 41.4 Å². The van der Waals surface area contributed by atoms with Gasteiger partial charge in [0.05, 0.1) is 12.2 Å². The minimum Gasteiger partial charge on any atom is -0.480 e. The number of alkyl halides is 3. The Morgan fingerprint density at radius 1 is 1.25 bits per heavy atom. The molecule has 0 saturated carbocycles. The maximum Gasteiger partial charge on any atom is 0.416 e. The first kappa shape index (κ1) is 20.1. The molecule has 0 amide bonds. The second-order valence-electron chi connectivity index (χ2n) is 6.38. The summed E-state index contributed by atoms with van der Waals surface area (Å²) in [7, 11) is -4.00. The summed E-state index contributed by atoms with van der Waals surface area (Å²) in [5.41, 5.74) is 0.0836. The number of carboxylic acid groups (broad SMARTS) is 1. The Kier molecular flexibility index (Phi) is 5.06. The molecule has 0 radical (unpaired) electrons. The molecule has 0 atom stereocenters. The van der Waals surface area contributed by atoms with Crippen molar-refractivity contribution >= 4 is 21.8 Å². The molecule has 0 spiro atoms. The third-order valence-corrected chi connectivity index (χ3v) is 5.96. The molecule has 1 aromatic heterocycles. The van der Waals surface area contributed by atoms with Crippen LogP contribution < -0.4 is 4.90 Å². The van der Waals surface area contributed by atoms with Gasteiger partial charge in [-0.2, -0.15) is 17.5 Å². The van der Waals surface area contributed by atoms with Gasteiger partial charge in [0.2, 0.25) is 10.0 Å². The summed E-state index contributed by atoms with van der Waals surface area (Å²) in [6.45, 7) is 0.698. The number of hydrogen-bond donors (Lipinski definition) is 1. The van der Waals surface area contributed by atoms with Crippen molar-refractivity contribution in [1.29, 1.82) is 0 Å². The van der Waals surface area contributed by atoms with Crippen LogP contribution in [0.3, 0.4) is 0 Å². The lowest BCUT2D eigenvalue weighted by Crippen LogP contribution is -2.48. The number of halogens is 3. The Morgan fingerprint density at radius 3 is 2.46 bits per heavy atom. The molecule has 0 saturated heterocycles. The van der Waals surface area contributed by atoms with Crippen LogP contribution in [0.4, 0.5) is 19.0 Å². The predicted octanol–water partition coefficient (Wildman–Crippen LogP) is 2.46. The molecule has 1 N–H and O–H groups in total. The number of rotatable bonds is 4. The zero-order chi connectivity index (χ0) is 20.7. The van der Waals surface area contributed by atoms with Crippen molar-refractivity contribution in [3.05, 3.63) is 53.2 Å². The topological polar surface area (TPSA) is 90.8 Å². The number of carboxylic acids is 1. The zero-order valence-electron chi connectivity index (χ0n) is 14.6. The van der Waals surface area contributed by atoms with Crippen LogP contribution in [0.1, 0.15) is 16.7 Å². The van der Waals surface area contributed by atoms with Crippen LogP contribution in [0.5, 0.6) is 0 Å². The van der Waals surface area contributed by atoms with Gasteiger partial charge in [-0.3, -0.25) is 4.79 Å². The number of aryl methyl sites for hydroxylation is 1. The van der Waals surface area contributed by atoms with Crippen molar-refractivity contribution in [3.63, 3.8) is 0 Å².